The van der Waals surface area contributed by atoms with E-state index in [2.05, 4.69) is 11.4 Å². The van der Waals surface area contributed by atoms with Gasteiger partial charge in [-0.3, -0.25) is 10.1 Å². The summed E-state index contributed by atoms with van der Waals surface area (Å²) in [7, 11) is 1.62. The van der Waals surface area contributed by atoms with Crippen molar-refractivity contribution >= 4 is 5.97 Å². The predicted octanol–water partition coefficient (Wildman–Crippen LogP) is 1.23. The molecular weight excluding hydrogens is 230 g/mol. The lowest BCUT2D eigenvalue weighted by molar-refractivity contribution is -0.145. The molecule has 4 heteroatoms. The molecule has 0 amide bonds. The number of hydrogen-bond acceptors (Lipinski definition) is 3. The third-order valence-corrected chi connectivity index (χ3v) is 3.61. The Morgan fingerprint density at radius 3 is 2.83 bits per heavy atom. The van der Waals surface area contributed by atoms with E-state index in [0.29, 0.717) is 26.0 Å². The molecule has 0 saturated heterocycles. The van der Waals surface area contributed by atoms with Crippen LogP contribution in [0.3, 0.4) is 0 Å². The number of carbonyl (C=O) groups is 1. The Balaban J connectivity index is 2.16. The number of rotatable bonds is 5. The fourth-order valence-electron chi connectivity index (χ4n) is 2.54. The van der Waals surface area contributed by atoms with E-state index in [0.717, 1.165) is 12.0 Å². The molecule has 1 aliphatic carbocycles. The molecule has 0 spiro atoms. The minimum Gasteiger partial charge on any atom is -0.480 e. The number of carboxylic acids is 1. The van der Waals surface area contributed by atoms with E-state index in [1.807, 2.05) is 18.2 Å². The summed E-state index contributed by atoms with van der Waals surface area (Å²) in [6.45, 7) is 1.08. The van der Waals surface area contributed by atoms with Crippen LogP contribution in [0.1, 0.15) is 17.5 Å². The minimum absolute atomic E-state index is 0.524. The average Bonchev–Trinajstić information content (AvgIpc) is 2.38. The van der Waals surface area contributed by atoms with Gasteiger partial charge >= 0.3 is 5.97 Å². The highest BCUT2D eigenvalue weighted by Gasteiger charge is 2.40. The van der Waals surface area contributed by atoms with Gasteiger partial charge in [0.2, 0.25) is 0 Å². The molecule has 1 atom stereocenters. The standard InChI is InChI=1S/C14H19NO3/c1-18-9-8-15-14(13(16)17)7-6-11-4-2-3-5-12(11)10-14/h2-5,15H,6-10H2,1H3,(H,16,17). The number of methoxy groups -OCH3 is 1. The van der Waals surface area contributed by atoms with E-state index in [1.165, 1.54) is 5.56 Å². The Kier molecular flexibility index (Phi) is 3.99. The Labute approximate surface area is 107 Å². The maximum atomic E-state index is 11.6. The van der Waals surface area contributed by atoms with Crippen molar-refractivity contribution in [2.75, 3.05) is 20.3 Å². The summed E-state index contributed by atoms with van der Waals surface area (Å²) >= 11 is 0. The second-order valence-electron chi connectivity index (χ2n) is 4.75. The van der Waals surface area contributed by atoms with Crippen molar-refractivity contribution in [2.45, 2.75) is 24.8 Å². The molecule has 0 bridgehead atoms. The number of aryl methyl sites for hydroxylation is 1. The summed E-state index contributed by atoms with van der Waals surface area (Å²) in [6.07, 6.45) is 1.98. The van der Waals surface area contributed by atoms with Crippen LogP contribution >= 0.6 is 0 Å². The van der Waals surface area contributed by atoms with E-state index < -0.39 is 11.5 Å². The van der Waals surface area contributed by atoms with Gasteiger partial charge in [-0.25, -0.2) is 0 Å². The van der Waals surface area contributed by atoms with Crippen LogP contribution in [0.4, 0.5) is 0 Å². The number of fused-ring (bicyclic) bond motifs is 1. The molecule has 1 unspecified atom stereocenters. The lowest BCUT2D eigenvalue weighted by Gasteiger charge is -2.35. The van der Waals surface area contributed by atoms with E-state index in [4.69, 9.17) is 4.74 Å². The van der Waals surface area contributed by atoms with Gasteiger partial charge in [-0.1, -0.05) is 24.3 Å². The Morgan fingerprint density at radius 1 is 1.44 bits per heavy atom. The molecule has 0 saturated carbocycles. The minimum atomic E-state index is -0.840. The summed E-state index contributed by atoms with van der Waals surface area (Å²) in [6, 6.07) is 8.07. The molecular formula is C14H19NO3. The maximum absolute atomic E-state index is 11.6. The maximum Gasteiger partial charge on any atom is 0.324 e. The number of nitrogens with one attached hydrogen (secondary N) is 1. The van der Waals surface area contributed by atoms with Crippen LogP contribution < -0.4 is 5.32 Å². The molecule has 0 heterocycles. The summed E-state index contributed by atoms with van der Waals surface area (Å²) in [5.74, 6) is -0.770. The predicted molar refractivity (Wildman–Crippen MR) is 68.7 cm³/mol. The summed E-state index contributed by atoms with van der Waals surface area (Å²) < 4.78 is 4.97. The monoisotopic (exact) mass is 249 g/mol. The second-order valence-corrected chi connectivity index (χ2v) is 4.75. The van der Waals surface area contributed by atoms with Gasteiger partial charge < -0.3 is 9.84 Å². The topological polar surface area (TPSA) is 58.6 Å². The van der Waals surface area contributed by atoms with E-state index in [-0.39, 0.29) is 0 Å². The number of hydrogen-bond donors (Lipinski definition) is 2. The molecule has 1 aromatic carbocycles. The Bertz CT molecular complexity index is 433. The molecule has 1 aliphatic rings. The zero-order valence-corrected chi connectivity index (χ0v) is 10.6. The summed E-state index contributed by atoms with van der Waals surface area (Å²) in [5, 5.41) is 12.7. The molecule has 2 N–H and O–H groups in total. The summed E-state index contributed by atoms with van der Waals surface area (Å²) in [4.78, 5) is 11.6. The number of carboxylic acid groups (broad SMARTS) is 1. The van der Waals surface area contributed by atoms with Crippen molar-refractivity contribution in [1.29, 1.82) is 0 Å². The zero-order valence-electron chi connectivity index (χ0n) is 10.6. The van der Waals surface area contributed by atoms with Crippen LogP contribution in [-0.4, -0.2) is 36.9 Å². The SMILES string of the molecule is COCCNC1(C(=O)O)CCc2ccccc2C1. The van der Waals surface area contributed by atoms with Crippen LogP contribution in [0.15, 0.2) is 24.3 Å². The van der Waals surface area contributed by atoms with Crippen molar-refractivity contribution < 1.29 is 14.6 Å². The van der Waals surface area contributed by atoms with Gasteiger partial charge in [-0.15, -0.1) is 0 Å². The van der Waals surface area contributed by atoms with Crippen LogP contribution in [0.25, 0.3) is 0 Å². The van der Waals surface area contributed by atoms with Crippen molar-refractivity contribution in [3.8, 4) is 0 Å². The first kappa shape index (κ1) is 13.1. The number of aliphatic carboxylic acids is 1. The fraction of sp³-hybridized carbons (Fsp3) is 0.500. The third kappa shape index (κ3) is 2.54. The molecule has 18 heavy (non-hydrogen) atoms. The van der Waals surface area contributed by atoms with Gasteiger partial charge in [0.05, 0.1) is 6.61 Å². The molecule has 0 radical (unpaired) electrons. The molecule has 0 aromatic heterocycles. The molecule has 4 nitrogen and oxygen atoms in total. The van der Waals surface area contributed by atoms with Crippen molar-refractivity contribution in [1.82, 2.24) is 5.32 Å². The Morgan fingerprint density at radius 2 is 2.17 bits per heavy atom. The Hall–Kier alpha value is -1.39. The van der Waals surface area contributed by atoms with Crippen molar-refractivity contribution in [2.24, 2.45) is 0 Å². The van der Waals surface area contributed by atoms with Gasteiger partial charge in [0.15, 0.2) is 0 Å². The van der Waals surface area contributed by atoms with Gasteiger partial charge in [0.1, 0.15) is 5.54 Å². The average molecular weight is 249 g/mol. The molecule has 98 valence electrons. The molecule has 2 rings (SSSR count). The highest BCUT2D eigenvalue weighted by atomic mass is 16.5. The van der Waals surface area contributed by atoms with Crippen molar-refractivity contribution in [3.05, 3.63) is 35.4 Å². The van der Waals surface area contributed by atoms with Gasteiger partial charge in [0, 0.05) is 20.1 Å². The van der Waals surface area contributed by atoms with Crippen LogP contribution in [0.5, 0.6) is 0 Å². The second kappa shape index (κ2) is 5.50. The van der Waals surface area contributed by atoms with Crippen LogP contribution in [-0.2, 0) is 22.4 Å². The van der Waals surface area contributed by atoms with Gasteiger partial charge in [-0.05, 0) is 24.0 Å². The highest BCUT2D eigenvalue weighted by molar-refractivity contribution is 5.80. The van der Waals surface area contributed by atoms with E-state index >= 15 is 0 Å². The van der Waals surface area contributed by atoms with E-state index in [9.17, 15) is 9.90 Å². The lowest BCUT2D eigenvalue weighted by atomic mass is 9.78. The van der Waals surface area contributed by atoms with Crippen LogP contribution in [0, 0.1) is 0 Å². The van der Waals surface area contributed by atoms with Crippen molar-refractivity contribution in [3.63, 3.8) is 0 Å². The number of ether oxygens (including phenoxy) is 1. The van der Waals surface area contributed by atoms with E-state index in [1.54, 1.807) is 7.11 Å². The smallest absolute Gasteiger partial charge is 0.324 e. The highest BCUT2D eigenvalue weighted by Crippen LogP contribution is 2.28. The molecule has 0 aliphatic heterocycles. The largest absolute Gasteiger partial charge is 0.480 e. The first-order valence-electron chi connectivity index (χ1n) is 6.22. The first-order valence-corrected chi connectivity index (χ1v) is 6.22. The molecule has 1 aromatic rings. The van der Waals surface area contributed by atoms with Crippen LogP contribution in [0.2, 0.25) is 0 Å². The lowest BCUT2D eigenvalue weighted by Crippen LogP contribution is -2.56. The molecule has 0 fully saturated rings. The first-order chi connectivity index (χ1) is 8.68. The van der Waals surface area contributed by atoms with Gasteiger partial charge in [-0.2, -0.15) is 0 Å². The number of benzene rings is 1. The zero-order chi connectivity index (χ0) is 13.0. The third-order valence-electron chi connectivity index (χ3n) is 3.61. The fourth-order valence-corrected chi connectivity index (χ4v) is 2.54. The normalized spacial score (nSPS) is 22.5. The van der Waals surface area contributed by atoms with Gasteiger partial charge in [0.25, 0.3) is 0 Å². The quantitative estimate of drug-likeness (QED) is 0.771. The summed E-state index contributed by atoms with van der Waals surface area (Å²) in [5.41, 5.74) is 1.56.